The topological polar surface area (TPSA) is 21.3 Å². The molecule has 1 atom stereocenters. The van der Waals surface area contributed by atoms with E-state index in [0.717, 1.165) is 16.7 Å². The van der Waals surface area contributed by atoms with Crippen LogP contribution in [0.25, 0.3) is 0 Å². The van der Waals surface area contributed by atoms with E-state index in [2.05, 4.69) is 5.32 Å². The highest BCUT2D eigenvalue weighted by Crippen LogP contribution is 2.24. The molecule has 0 heterocycles. The van der Waals surface area contributed by atoms with Crippen molar-refractivity contribution in [3.8, 4) is 0 Å². The molecule has 0 fully saturated rings. The fourth-order valence-corrected chi connectivity index (χ4v) is 2.11. The van der Waals surface area contributed by atoms with Gasteiger partial charge < -0.3 is 10.1 Å². The lowest BCUT2D eigenvalue weighted by Crippen LogP contribution is -2.34. The molecule has 1 N–H and O–H groups in total. The Morgan fingerprint density at radius 1 is 1.14 bits per heavy atom. The highest BCUT2D eigenvalue weighted by Gasteiger charge is 2.41. The van der Waals surface area contributed by atoms with Gasteiger partial charge in [-0.15, -0.1) is 0 Å². The van der Waals surface area contributed by atoms with Gasteiger partial charge in [0.05, 0.1) is 12.6 Å². The number of hydrogen-bond acceptors (Lipinski definition) is 2. The number of nitrogens with one attached hydrogen (secondary N) is 1. The monoisotopic (exact) mass is 307 g/mol. The third-order valence-electron chi connectivity index (χ3n) is 3.00. The summed E-state index contributed by atoms with van der Waals surface area (Å²) < 4.78 is 54.6. The molecule has 1 rings (SSSR count). The number of likely N-dealkylation sites (N-methyl/N-ethyl adjacent to an activating group) is 1. The maximum absolute atomic E-state index is 12.8. The molecule has 0 aliphatic heterocycles. The molecule has 2 nitrogen and oxygen atoms in total. The van der Waals surface area contributed by atoms with Gasteiger partial charge >= 0.3 is 12.3 Å². The summed E-state index contributed by atoms with van der Waals surface area (Å²) in [6, 6.07) is 5.55. The lowest BCUT2D eigenvalue weighted by atomic mass is 10.0. The van der Waals surface area contributed by atoms with Gasteiger partial charge in [-0.05, 0) is 26.0 Å². The predicted octanol–water partition coefficient (Wildman–Crippen LogP) is 3.87. The average Bonchev–Trinajstić information content (AvgIpc) is 2.36. The second-order valence-corrected chi connectivity index (χ2v) is 5.11. The first-order valence-corrected chi connectivity index (χ1v) is 6.81. The minimum Gasteiger partial charge on any atom is -0.373 e. The van der Waals surface area contributed by atoms with Crippen LogP contribution in [0.15, 0.2) is 18.2 Å². The fraction of sp³-hybridized carbons (Fsp3) is 0.600. The van der Waals surface area contributed by atoms with Crippen LogP contribution in [0.5, 0.6) is 0 Å². The van der Waals surface area contributed by atoms with Gasteiger partial charge in [-0.2, -0.15) is 8.78 Å². The molecular formula is C15H21F4NO. The largest absolute Gasteiger partial charge is 0.373 e. The van der Waals surface area contributed by atoms with Crippen molar-refractivity contribution in [3.05, 3.63) is 34.9 Å². The Bertz CT molecular complexity index is 431. The van der Waals surface area contributed by atoms with Crippen molar-refractivity contribution < 1.29 is 22.3 Å². The maximum Gasteiger partial charge on any atom is 0.330 e. The Balaban J connectivity index is 2.70. The van der Waals surface area contributed by atoms with Crippen LogP contribution in [0, 0.1) is 13.8 Å². The first-order chi connectivity index (χ1) is 9.76. The van der Waals surface area contributed by atoms with Crippen LogP contribution in [-0.2, 0) is 4.74 Å². The van der Waals surface area contributed by atoms with Crippen molar-refractivity contribution in [1.82, 2.24) is 5.32 Å². The van der Waals surface area contributed by atoms with E-state index in [0.29, 0.717) is 6.54 Å². The number of hydrogen-bond donors (Lipinski definition) is 1. The number of alkyl halides is 4. The molecular weight excluding hydrogens is 286 g/mol. The molecule has 120 valence electrons. The van der Waals surface area contributed by atoms with Gasteiger partial charge in [0.25, 0.3) is 0 Å². The highest BCUT2D eigenvalue weighted by atomic mass is 19.3. The normalized spacial score (nSPS) is 13.7. The van der Waals surface area contributed by atoms with Crippen molar-refractivity contribution in [2.45, 2.75) is 39.2 Å². The van der Waals surface area contributed by atoms with E-state index in [1.54, 1.807) is 0 Å². The second-order valence-electron chi connectivity index (χ2n) is 5.11. The molecule has 0 aliphatic carbocycles. The van der Waals surface area contributed by atoms with Gasteiger partial charge in [-0.25, -0.2) is 8.78 Å². The molecule has 0 aliphatic rings. The third-order valence-corrected chi connectivity index (χ3v) is 3.00. The van der Waals surface area contributed by atoms with Crippen molar-refractivity contribution >= 4 is 0 Å². The maximum atomic E-state index is 12.8. The van der Waals surface area contributed by atoms with E-state index >= 15 is 0 Å². The third kappa shape index (κ3) is 5.63. The number of benzene rings is 1. The minimum absolute atomic E-state index is 0.0843. The van der Waals surface area contributed by atoms with Crippen LogP contribution in [0.4, 0.5) is 17.6 Å². The van der Waals surface area contributed by atoms with Crippen LogP contribution in [0.1, 0.15) is 29.7 Å². The Kier molecular flexibility index (Phi) is 6.61. The lowest BCUT2D eigenvalue weighted by molar-refractivity contribution is -0.167. The van der Waals surface area contributed by atoms with Crippen LogP contribution in [0.3, 0.4) is 0 Å². The Labute approximate surface area is 122 Å². The number of ether oxygens (including phenoxy) is 1. The highest BCUT2D eigenvalue weighted by molar-refractivity contribution is 5.30. The van der Waals surface area contributed by atoms with Gasteiger partial charge in [0.1, 0.15) is 6.61 Å². The molecule has 0 spiro atoms. The average molecular weight is 307 g/mol. The van der Waals surface area contributed by atoms with Gasteiger partial charge in [0.15, 0.2) is 0 Å². The van der Waals surface area contributed by atoms with E-state index in [4.69, 9.17) is 4.74 Å². The van der Waals surface area contributed by atoms with E-state index in [9.17, 15) is 17.6 Å². The molecule has 1 unspecified atom stereocenters. The summed E-state index contributed by atoms with van der Waals surface area (Å²) in [6.45, 7) is 5.00. The Morgan fingerprint density at radius 2 is 1.71 bits per heavy atom. The summed E-state index contributed by atoms with van der Waals surface area (Å²) >= 11 is 0. The second kappa shape index (κ2) is 7.75. The zero-order valence-electron chi connectivity index (χ0n) is 12.4. The van der Waals surface area contributed by atoms with E-state index in [1.165, 1.54) is 0 Å². The van der Waals surface area contributed by atoms with Crippen molar-refractivity contribution in [2.24, 2.45) is 0 Å². The smallest absolute Gasteiger partial charge is 0.330 e. The minimum atomic E-state index is -4.11. The molecule has 0 amide bonds. The van der Waals surface area contributed by atoms with Crippen molar-refractivity contribution in [2.75, 3.05) is 19.8 Å². The zero-order valence-corrected chi connectivity index (χ0v) is 12.4. The summed E-state index contributed by atoms with van der Waals surface area (Å²) in [6.07, 6.45) is -3.71. The molecule has 21 heavy (non-hydrogen) atoms. The summed E-state index contributed by atoms with van der Waals surface area (Å²) in [5.41, 5.74) is 2.99. The molecule has 0 saturated carbocycles. The van der Waals surface area contributed by atoms with Crippen molar-refractivity contribution in [1.29, 1.82) is 0 Å². The lowest BCUT2D eigenvalue weighted by Gasteiger charge is -2.21. The van der Waals surface area contributed by atoms with Gasteiger partial charge in [0.2, 0.25) is 0 Å². The molecule has 0 radical (unpaired) electrons. The first-order valence-electron chi connectivity index (χ1n) is 6.81. The summed E-state index contributed by atoms with van der Waals surface area (Å²) in [4.78, 5) is 0. The Hall–Kier alpha value is -1.14. The van der Waals surface area contributed by atoms with E-state index in [-0.39, 0.29) is 12.6 Å². The van der Waals surface area contributed by atoms with Crippen LogP contribution >= 0.6 is 0 Å². The molecule has 0 bridgehead atoms. The predicted molar refractivity (Wildman–Crippen MR) is 74.1 cm³/mol. The van der Waals surface area contributed by atoms with E-state index in [1.807, 2.05) is 39.0 Å². The molecule has 1 aromatic carbocycles. The molecule has 0 aromatic heterocycles. The van der Waals surface area contributed by atoms with Crippen LogP contribution in [0.2, 0.25) is 0 Å². The number of aryl methyl sites for hydroxylation is 2. The quantitative estimate of drug-likeness (QED) is 0.736. The first kappa shape index (κ1) is 17.9. The summed E-state index contributed by atoms with van der Waals surface area (Å²) in [5.74, 6) is -4.11. The SMILES string of the molecule is CCNC(COCC(F)(F)C(F)F)c1cc(C)cc(C)c1. The van der Waals surface area contributed by atoms with Gasteiger partial charge in [-0.1, -0.05) is 36.2 Å². The Morgan fingerprint density at radius 3 is 2.19 bits per heavy atom. The van der Waals surface area contributed by atoms with Crippen molar-refractivity contribution in [3.63, 3.8) is 0 Å². The molecule has 6 heteroatoms. The number of halogens is 4. The number of rotatable bonds is 8. The molecule has 0 saturated heterocycles. The van der Waals surface area contributed by atoms with Crippen LogP contribution in [-0.4, -0.2) is 32.1 Å². The van der Waals surface area contributed by atoms with Crippen LogP contribution < -0.4 is 5.32 Å². The zero-order chi connectivity index (χ0) is 16.0. The fourth-order valence-electron chi connectivity index (χ4n) is 2.11. The standard InChI is InChI=1S/C15H21F4NO/c1-4-20-13(8-21-9-15(18,19)14(16)17)12-6-10(2)5-11(3)7-12/h5-7,13-14,20H,4,8-9H2,1-3H3. The van der Waals surface area contributed by atoms with Gasteiger partial charge in [0, 0.05) is 0 Å². The van der Waals surface area contributed by atoms with Gasteiger partial charge in [-0.3, -0.25) is 0 Å². The summed E-state index contributed by atoms with van der Waals surface area (Å²) in [7, 11) is 0. The van der Waals surface area contributed by atoms with E-state index < -0.39 is 19.0 Å². The summed E-state index contributed by atoms with van der Waals surface area (Å²) in [5, 5.41) is 3.11. The molecule has 1 aromatic rings.